The third-order valence-corrected chi connectivity index (χ3v) is 8.09. The first-order valence-electron chi connectivity index (χ1n) is 13.5. The van der Waals surface area contributed by atoms with E-state index in [1.54, 1.807) is 60.7 Å². The van der Waals surface area contributed by atoms with E-state index >= 15 is 0 Å². The zero-order chi connectivity index (χ0) is 30.1. The van der Waals surface area contributed by atoms with Gasteiger partial charge in [-0.15, -0.1) is 11.8 Å². The van der Waals surface area contributed by atoms with Crippen LogP contribution in [-0.4, -0.2) is 23.0 Å². The number of benzene rings is 4. The lowest BCUT2D eigenvalue weighted by Gasteiger charge is -2.16. The van der Waals surface area contributed by atoms with Crippen LogP contribution in [0.1, 0.15) is 40.4 Å². The molecule has 0 spiro atoms. The van der Waals surface area contributed by atoms with Crippen LogP contribution in [0.3, 0.4) is 0 Å². The molecule has 0 aliphatic heterocycles. The summed E-state index contributed by atoms with van der Waals surface area (Å²) in [4.78, 5) is 40.2. The molecule has 0 heterocycles. The normalized spacial score (nSPS) is 11.9. The van der Waals surface area contributed by atoms with Crippen molar-refractivity contribution < 1.29 is 14.4 Å². The van der Waals surface area contributed by atoms with E-state index < -0.39 is 11.8 Å². The fraction of sp³-hybridized carbons (Fsp3) is 0.147. The molecule has 0 radical (unpaired) electrons. The van der Waals surface area contributed by atoms with Gasteiger partial charge in [-0.2, -0.15) is 0 Å². The van der Waals surface area contributed by atoms with Crippen molar-refractivity contribution in [3.63, 3.8) is 0 Å². The van der Waals surface area contributed by atoms with Crippen molar-refractivity contribution in [3.8, 4) is 0 Å². The van der Waals surface area contributed by atoms with E-state index in [0.29, 0.717) is 28.3 Å². The van der Waals surface area contributed by atoms with Crippen LogP contribution in [0.25, 0.3) is 6.08 Å². The van der Waals surface area contributed by atoms with Crippen molar-refractivity contribution in [3.05, 3.63) is 130 Å². The first-order chi connectivity index (χ1) is 20.2. The molecule has 0 aliphatic rings. The zero-order valence-electron chi connectivity index (χ0n) is 23.6. The van der Waals surface area contributed by atoms with Crippen molar-refractivity contribution in [2.75, 3.05) is 10.6 Å². The number of carbonyl (C=O) groups is 3. The quantitative estimate of drug-likeness (QED) is 0.128. The maximum atomic E-state index is 13.4. The predicted molar refractivity (Wildman–Crippen MR) is 173 cm³/mol. The molecule has 0 bridgehead atoms. The van der Waals surface area contributed by atoms with Crippen LogP contribution in [0, 0.1) is 13.8 Å². The zero-order valence-corrected chi connectivity index (χ0v) is 25.2. The van der Waals surface area contributed by atoms with Crippen LogP contribution in [0.5, 0.6) is 0 Å². The Kier molecular flexibility index (Phi) is 10.6. The van der Waals surface area contributed by atoms with Gasteiger partial charge in [-0.25, -0.2) is 0 Å². The van der Waals surface area contributed by atoms with Crippen molar-refractivity contribution >= 4 is 58.5 Å². The van der Waals surface area contributed by atoms with E-state index in [-0.39, 0.29) is 16.9 Å². The average molecular weight is 598 g/mol. The predicted octanol–water partition coefficient (Wildman–Crippen LogP) is 7.88. The number of rotatable bonds is 10. The lowest BCUT2D eigenvalue weighted by molar-refractivity contribution is -0.116. The molecule has 42 heavy (non-hydrogen) atoms. The fourth-order valence-electron chi connectivity index (χ4n) is 4.08. The minimum absolute atomic E-state index is 0.0587. The molecule has 6 nitrogen and oxygen atoms in total. The minimum Gasteiger partial charge on any atom is -0.325 e. The monoisotopic (exact) mass is 597 g/mol. The Balaban J connectivity index is 1.50. The smallest absolute Gasteiger partial charge is 0.272 e. The standard InChI is InChI=1S/C34H32ClN3O3S/c1-4-31(34(41)37-28-17-16-22(2)23(3)18-28)42-29-15-9-14-27(21-29)36-33(40)30(20-24-10-8-13-26(35)19-24)38-32(39)25-11-6-5-7-12-25/h5-21,31H,4H2,1-3H3,(H,36,40)(H,37,41)(H,38,39)/b30-20-. The topological polar surface area (TPSA) is 87.3 Å². The van der Waals surface area contributed by atoms with Crippen LogP contribution < -0.4 is 16.0 Å². The average Bonchev–Trinajstić information content (AvgIpc) is 2.98. The summed E-state index contributed by atoms with van der Waals surface area (Å²) < 4.78 is 0. The molecule has 214 valence electrons. The summed E-state index contributed by atoms with van der Waals surface area (Å²) in [5, 5.41) is 8.80. The van der Waals surface area contributed by atoms with Gasteiger partial charge in [0.05, 0.1) is 5.25 Å². The summed E-state index contributed by atoms with van der Waals surface area (Å²) in [7, 11) is 0. The van der Waals surface area contributed by atoms with E-state index in [1.165, 1.54) is 17.3 Å². The molecule has 4 aromatic carbocycles. The molecule has 3 amide bonds. The molecule has 3 N–H and O–H groups in total. The number of carbonyl (C=O) groups excluding carboxylic acids is 3. The summed E-state index contributed by atoms with van der Waals surface area (Å²) in [5.74, 6) is -1.000. The van der Waals surface area contributed by atoms with Gasteiger partial charge in [-0.05, 0) is 97.6 Å². The van der Waals surface area contributed by atoms with Crippen LogP contribution in [0.15, 0.2) is 108 Å². The van der Waals surface area contributed by atoms with Gasteiger partial charge < -0.3 is 16.0 Å². The second kappa shape index (κ2) is 14.5. The van der Waals surface area contributed by atoms with Gasteiger partial charge in [0.1, 0.15) is 5.70 Å². The Bertz CT molecular complexity index is 1620. The molecule has 0 saturated carbocycles. The SMILES string of the molecule is CCC(Sc1cccc(NC(=O)/C(=C/c2cccc(Cl)c2)NC(=O)c2ccccc2)c1)C(=O)Nc1ccc(C)c(C)c1. The summed E-state index contributed by atoms with van der Waals surface area (Å²) in [6.45, 7) is 6.01. The van der Waals surface area contributed by atoms with Gasteiger partial charge in [0.2, 0.25) is 5.91 Å². The lowest BCUT2D eigenvalue weighted by atomic mass is 10.1. The number of nitrogens with one attached hydrogen (secondary N) is 3. The Labute approximate surface area is 255 Å². The second-order valence-electron chi connectivity index (χ2n) is 9.72. The van der Waals surface area contributed by atoms with E-state index in [1.807, 2.05) is 63.2 Å². The molecular formula is C34H32ClN3O3S. The van der Waals surface area contributed by atoms with Crippen molar-refractivity contribution in [1.82, 2.24) is 5.32 Å². The van der Waals surface area contributed by atoms with Crippen molar-refractivity contribution in [1.29, 1.82) is 0 Å². The van der Waals surface area contributed by atoms with Gasteiger partial charge in [-0.1, -0.05) is 61.0 Å². The molecule has 0 aromatic heterocycles. The highest BCUT2D eigenvalue weighted by Crippen LogP contribution is 2.29. The van der Waals surface area contributed by atoms with E-state index in [0.717, 1.165) is 16.1 Å². The number of aryl methyl sites for hydroxylation is 2. The Hall–Kier alpha value is -4.33. The third-order valence-electron chi connectivity index (χ3n) is 6.50. The molecule has 4 aromatic rings. The van der Waals surface area contributed by atoms with Crippen LogP contribution in [0.4, 0.5) is 11.4 Å². The molecule has 0 saturated heterocycles. The van der Waals surface area contributed by atoms with E-state index in [9.17, 15) is 14.4 Å². The number of hydrogen-bond donors (Lipinski definition) is 3. The molecule has 1 unspecified atom stereocenters. The van der Waals surface area contributed by atoms with Gasteiger partial charge in [-0.3, -0.25) is 14.4 Å². The number of anilines is 2. The Morgan fingerprint density at radius 2 is 1.55 bits per heavy atom. The summed E-state index contributed by atoms with van der Waals surface area (Å²) in [6.07, 6.45) is 2.20. The first-order valence-corrected chi connectivity index (χ1v) is 14.8. The van der Waals surface area contributed by atoms with Crippen molar-refractivity contribution in [2.45, 2.75) is 37.3 Å². The fourth-order valence-corrected chi connectivity index (χ4v) is 5.29. The van der Waals surface area contributed by atoms with Gasteiger partial charge in [0, 0.05) is 26.9 Å². The maximum absolute atomic E-state index is 13.4. The van der Waals surface area contributed by atoms with Crippen LogP contribution in [-0.2, 0) is 9.59 Å². The first kappa shape index (κ1) is 30.6. The third kappa shape index (κ3) is 8.59. The molecule has 0 fully saturated rings. The number of halogens is 1. The molecular weight excluding hydrogens is 566 g/mol. The second-order valence-corrected chi connectivity index (χ2v) is 11.4. The number of hydrogen-bond acceptors (Lipinski definition) is 4. The summed E-state index contributed by atoms with van der Waals surface area (Å²) >= 11 is 7.57. The van der Waals surface area contributed by atoms with Gasteiger partial charge >= 0.3 is 0 Å². The summed E-state index contributed by atoms with van der Waals surface area (Å²) in [5.41, 5.74) is 4.71. The largest absolute Gasteiger partial charge is 0.325 e. The minimum atomic E-state index is -0.499. The van der Waals surface area contributed by atoms with E-state index in [4.69, 9.17) is 11.6 Å². The molecule has 0 aliphatic carbocycles. The lowest BCUT2D eigenvalue weighted by Crippen LogP contribution is -2.30. The summed E-state index contributed by atoms with van der Waals surface area (Å²) in [6, 6.07) is 28.8. The molecule has 8 heteroatoms. The molecule has 1 atom stereocenters. The van der Waals surface area contributed by atoms with Gasteiger partial charge in [0.25, 0.3) is 11.8 Å². The Morgan fingerprint density at radius 3 is 2.26 bits per heavy atom. The maximum Gasteiger partial charge on any atom is 0.272 e. The molecule has 4 rings (SSSR count). The highest BCUT2D eigenvalue weighted by atomic mass is 35.5. The van der Waals surface area contributed by atoms with Gasteiger partial charge in [0.15, 0.2) is 0 Å². The van der Waals surface area contributed by atoms with Crippen LogP contribution >= 0.6 is 23.4 Å². The Morgan fingerprint density at radius 1 is 0.810 bits per heavy atom. The highest BCUT2D eigenvalue weighted by molar-refractivity contribution is 8.00. The number of thioether (sulfide) groups is 1. The van der Waals surface area contributed by atoms with Crippen LogP contribution in [0.2, 0.25) is 5.02 Å². The van der Waals surface area contributed by atoms with Crippen molar-refractivity contribution in [2.24, 2.45) is 0 Å². The highest BCUT2D eigenvalue weighted by Gasteiger charge is 2.19. The number of amides is 3. The van der Waals surface area contributed by atoms with E-state index in [2.05, 4.69) is 16.0 Å².